The van der Waals surface area contributed by atoms with Crippen LogP contribution in [0.2, 0.25) is 0 Å². The Morgan fingerprint density at radius 1 is 1.40 bits per heavy atom. The molecule has 1 aromatic carbocycles. The summed E-state index contributed by atoms with van der Waals surface area (Å²) in [5, 5.41) is 9.28. The van der Waals surface area contributed by atoms with Gasteiger partial charge in [0.1, 0.15) is 17.2 Å². The van der Waals surface area contributed by atoms with Crippen molar-refractivity contribution < 1.29 is 14.3 Å². The van der Waals surface area contributed by atoms with Crippen molar-refractivity contribution in [2.24, 2.45) is 0 Å². The zero-order chi connectivity index (χ0) is 14.7. The largest absolute Gasteiger partial charge is 0.478 e. The van der Waals surface area contributed by atoms with Crippen LogP contribution in [0, 0.1) is 12.7 Å². The molecular weight excluding hydrogens is 259 g/mol. The van der Waals surface area contributed by atoms with Gasteiger partial charge in [0.25, 0.3) is 0 Å². The van der Waals surface area contributed by atoms with Crippen molar-refractivity contribution in [3.8, 4) is 0 Å². The molecule has 0 aliphatic rings. The molecule has 0 amide bonds. The number of carbonyl (C=O) groups is 1. The zero-order valence-corrected chi connectivity index (χ0v) is 11.3. The number of aryl methyl sites for hydroxylation is 1. The molecule has 4 nitrogen and oxygen atoms in total. The molecule has 1 aromatic heterocycles. The molecule has 0 spiro atoms. The minimum atomic E-state index is -1.02. The number of halogens is 1. The van der Waals surface area contributed by atoms with Gasteiger partial charge in [0.15, 0.2) is 0 Å². The minimum absolute atomic E-state index is 0.173. The lowest BCUT2D eigenvalue weighted by Gasteiger charge is -2.21. The maximum Gasteiger partial charge on any atom is 0.339 e. The van der Waals surface area contributed by atoms with Crippen LogP contribution >= 0.6 is 0 Å². The maximum atomic E-state index is 13.2. The van der Waals surface area contributed by atoms with E-state index in [9.17, 15) is 14.3 Å². The molecule has 0 fully saturated rings. The summed E-state index contributed by atoms with van der Waals surface area (Å²) >= 11 is 0. The number of hydrogen-bond acceptors (Lipinski definition) is 3. The Morgan fingerprint density at radius 2 is 2.15 bits per heavy atom. The van der Waals surface area contributed by atoms with Gasteiger partial charge in [0.05, 0.1) is 0 Å². The number of nitrogens with zero attached hydrogens (tertiary/aromatic N) is 2. The second-order valence-corrected chi connectivity index (χ2v) is 4.62. The Kier molecular flexibility index (Phi) is 3.98. The van der Waals surface area contributed by atoms with Crippen molar-refractivity contribution in [1.29, 1.82) is 0 Å². The molecule has 0 bridgehead atoms. The lowest BCUT2D eigenvalue weighted by atomic mass is 10.1. The van der Waals surface area contributed by atoms with Gasteiger partial charge in [-0.15, -0.1) is 0 Å². The van der Waals surface area contributed by atoms with Crippen LogP contribution in [0.4, 0.5) is 10.2 Å². The third-order valence-corrected chi connectivity index (χ3v) is 3.02. The van der Waals surface area contributed by atoms with Crippen LogP contribution in [0.1, 0.15) is 21.5 Å². The fourth-order valence-electron chi connectivity index (χ4n) is 2.08. The molecule has 1 heterocycles. The van der Waals surface area contributed by atoms with Crippen molar-refractivity contribution >= 4 is 11.8 Å². The quantitative estimate of drug-likeness (QED) is 0.931. The highest BCUT2D eigenvalue weighted by Crippen LogP contribution is 2.21. The van der Waals surface area contributed by atoms with Crippen LogP contribution in [-0.2, 0) is 6.54 Å². The van der Waals surface area contributed by atoms with Crippen LogP contribution < -0.4 is 4.90 Å². The predicted octanol–water partition coefficient (Wildman–Crippen LogP) is 2.86. The molecule has 0 saturated carbocycles. The summed E-state index contributed by atoms with van der Waals surface area (Å²) in [6.45, 7) is 2.11. The first-order chi connectivity index (χ1) is 9.49. The molecule has 1 N–H and O–H groups in total. The first-order valence-corrected chi connectivity index (χ1v) is 6.13. The number of hydrogen-bond donors (Lipinski definition) is 1. The van der Waals surface area contributed by atoms with Crippen LogP contribution in [0.15, 0.2) is 36.5 Å². The lowest BCUT2D eigenvalue weighted by molar-refractivity contribution is 0.0696. The molecular formula is C15H15FN2O2. The smallest absolute Gasteiger partial charge is 0.339 e. The Morgan fingerprint density at radius 3 is 2.80 bits per heavy atom. The monoisotopic (exact) mass is 274 g/mol. The van der Waals surface area contributed by atoms with Crippen molar-refractivity contribution in [2.75, 3.05) is 11.9 Å². The molecule has 20 heavy (non-hydrogen) atoms. The number of rotatable bonds is 4. The topological polar surface area (TPSA) is 53.4 Å². The molecule has 0 aliphatic carbocycles. The summed E-state index contributed by atoms with van der Waals surface area (Å²) < 4.78 is 13.2. The van der Waals surface area contributed by atoms with E-state index < -0.39 is 5.97 Å². The van der Waals surface area contributed by atoms with Gasteiger partial charge in [0.2, 0.25) is 0 Å². The van der Waals surface area contributed by atoms with Gasteiger partial charge in [-0.3, -0.25) is 0 Å². The average molecular weight is 274 g/mol. The van der Waals surface area contributed by atoms with Crippen molar-refractivity contribution in [3.63, 3.8) is 0 Å². The first-order valence-electron chi connectivity index (χ1n) is 6.13. The van der Waals surface area contributed by atoms with E-state index in [1.54, 1.807) is 43.3 Å². The number of aromatic carboxylic acids is 1. The van der Waals surface area contributed by atoms with E-state index in [0.29, 0.717) is 17.9 Å². The second kappa shape index (κ2) is 5.69. The Hall–Kier alpha value is -2.43. The summed E-state index contributed by atoms with van der Waals surface area (Å²) in [6, 6.07) is 7.86. The Balaban J connectivity index is 2.32. The highest BCUT2D eigenvalue weighted by Gasteiger charge is 2.17. The van der Waals surface area contributed by atoms with Gasteiger partial charge in [-0.25, -0.2) is 14.2 Å². The van der Waals surface area contributed by atoms with E-state index >= 15 is 0 Å². The molecule has 5 heteroatoms. The fourth-order valence-corrected chi connectivity index (χ4v) is 2.08. The standard InChI is InChI=1S/C15H15FN2O2/c1-10-6-7-17-14(13(10)15(19)20)18(2)9-11-4-3-5-12(16)8-11/h3-8H,9H2,1-2H3,(H,19,20). The second-order valence-electron chi connectivity index (χ2n) is 4.62. The number of aromatic nitrogens is 1. The molecule has 0 aliphatic heterocycles. The minimum Gasteiger partial charge on any atom is -0.478 e. The highest BCUT2D eigenvalue weighted by atomic mass is 19.1. The third-order valence-electron chi connectivity index (χ3n) is 3.02. The van der Waals surface area contributed by atoms with Crippen LogP contribution in [0.3, 0.4) is 0 Å². The number of pyridine rings is 1. The van der Waals surface area contributed by atoms with Crippen molar-refractivity contribution in [3.05, 3.63) is 59.0 Å². The Labute approximate surface area is 116 Å². The average Bonchev–Trinajstić information content (AvgIpc) is 2.37. The third kappa shape index (κ3) is 2.93. The number of anilines is 1. The normalized spacial score (nSPS) is 10.3. The van der Waals surface area contributed by atoms with Gasteiger partial charge in [0, 0.05) is 19.8 Å². The van der Waals surface area contributed by atoms with E-state index in [0.717, 1.165) is 5.56 Å². The predicted molar refractivity (Wildman–Crippen MR) is 74.4 cm³/mol. The number of carboxylic acids is 1. The summed E-state index contributed by atoms with van der Waals surface area (Å²) in [4.78, 5) is 17.2. The Bertz CT molecular complexity index is 644. The molecule has 0 radical (unpaired) electrons. The number of carboxylic acid groups (broad SMARTS) is 1. The van der Waals surface area contributed by atoms with Crippen molar-refractivity contribution in [2.45, 2.75) is 13.5 Å². The van der Waals surface area contributed by atoms with Gasteiger partial charge in [-0.05, 0) is 36.2 Å². The van der Waals surface area contributed by atoms with Gasteiger partial charge in [-0.1, -0.05) is 12.1 Å². The summed E-state index contributed by atoms with van der Waals surface area (Å²) in [6.07, 6.45) is 1.57. The maximum absolute atomic E-state index is 13.2. The van der Waals surface area contributed by atoms with E-state index in [1.165, 1.54) is 12.1 Å². The van der Waals surface area contributed by atoms with E-state index in [2.05, 4.69) is 4.98 Å². The molecule has 2 aromatic rings. The van der Waals surface area contributed by atoms with Crippen LogP contribution in [0.25, 0.3) is 0 Å². The molecule has 0 saturated heterocycles. The van der Waals surface area contributed by atoms with Gasteiger partial charge < -0.3 is 10.0 Å². The van der Waals surface area contributed by atoms with Gasteiger partial charge in [-0.2, -0.15) is 0 Å². The number of benzene rings is 1. The summed E-state index contributed by atoms with van der Waals surface area (Å²) in [5.41, 5.74) is 1.58. The molecule has 2 rings (SSSR count). The van der Waals surface area contributed by atoms with E-state index in [4.69, 9.17) is 0 Å². The molecule has 0 unspecified atom stereocenters. The van der Waals surface area contributed by atoms with Crippen molar-refractivity contribution in [1.82, 2.24) is 4.98 Å². The summed E-state index contributed by atoms with van der Waals surface area (Å²) in [5.74, 6) is -0.954. The van der Waals surface area contributed by atoms with Crippen LogP contribution in [-0.4, -0.2) is 23.1 Å². The molecule has 0 atom stereocenters. The zero-order valence-electron chi connectivity index (χ0n) is 11.3. The fraction of sp³-hybridized carbons (Fsp3) is 0.200. The first kappa shape index (κ1) is 14.0. The molecule has 104 valence electrons. The van der Waals surface area contributed by atoms with E-state index in [-0.39, 0.29) is 11.4 Å². The lowest BCUT2D eigenvalue weighted by Crippen LogP contribution is -2.21. The van der Waals surface area contributed by atoms with E-state index in [1.807, 2.05) is 0 Å². The van der Waals surface area contributed by atoms with Gasteiger partial charge >= 0.3 is 5.97 Å². The highest BCUT2D eigenvalue weighted by molar-refractivity contribution is 5.94. The SMILES string of the molecule is Cc1ccnc(N(C)Cc2cccc(F)c2)c1C(=O)O. The summed E-state index contributed by atoms with van der Waals surface area (Å²) in [7, 11) is 1.74. The van der Waals surface area contributed by atoms with Crippen LogP contribution in [0.5, 0.6) is 0 Å².